The minimum Gasteiger partial charge on any atom is -0.481 e. The molecule has 0 saturated carbocycles. The number of carbonyl (C=O) groups is 3. The van der Waals surface area contributed by atoms with E-state index in [2.05, 4.69) is 0 Å². The maximum Gasteiger partial charge on any atom is 0.333 e. The van der Waals surface area contributed by atoms with Crippen molar-refractivity contribution in [2.24, 2.45) is 0 Å². The SMILES string of the molecule is CC(=O)O.O=C(O)CC(O)C(=O)O. The average molecular weight is 194 g/mol. The van der Waals surface area contributed by atoms with Crippen molar-refractivity contribution < 1.29 is 34.8 Å². The molecule has 7 heteroatoms. The second-order valence-electron chi connectivity index (χ2n) is 1.97. The topological polar surface area (TPSA) is 132 Å². The molecule has 0 aliphatic rings. The summed E-state index contributed by atoms with van der Waals surface area (Å²) in [6.45, 7) is 1.08. The summed E-state index contributed by atoms with van der Waals surface area (Å²) in [6.07, 6.45) is -2.54. The van der Waals surface area contributed by atoms with Crippen molar-refractivity contribution in [3.05, 3.63) is 0 Å². The molecule has 0 rings (SSSR count). The molecule has 0 aromatic carbocycles. The number of hydrogen-bond acceptors (Lipinski definition) is 4. The van der Waals surface area contributed by atoms with Gasteiger partial charge in [-0.05, 0) is 0 Å². The third kappa shape index (κ3) is 17.9. The number of aliphatic hydroxyl groups is 1. The van der Waals surface area contributed by atoms with Crippen LogP contribution in [-0.4, -0.2) is 44.4 Å². The molecule has 0 aliphatic heterocycles. The van der Waals surface area contributed by atoms with E-state index in [9.17, 15) is 9.59 Å². The summed E-state index contributed by atoms with van der Waals surface area (Å²) in [5, 5.41) is 31.6. The molecule has 0 heterocycles. The molecule has 76 valence electrons. The lowest BCUT2D eigenvalue weighted by molar-refractivity contribution is -0.152. The predicted octanol–water partition coefficient (Wildman–Crippen LogP) is -1.00. The average Bonchev–Trinajstić information content (AvgIpc) is 1.83. The number of rotatable bonds is 3. The Morgan fingerprint density at radius 1 is 1.15 bits per heavy atom. The van der Waals surface area contributed by atoms with Gasteiger partial charge in [-0.3, -0.25) is 9.59 Å². The van der Waals surface area contributed by atoms with Crippen LogP contribution in [0.15, 0.2) is 0 Å². The normalized spacial score (nSPS) is 10.6. The van der Waals surface area contributed by atoms with Gasteiger partial charge in [0.1, 0.15) is 0 Å². The van der Waals surface area contributed by atoms with Gasteiger partial charge in [-0.2, -0.15) is 0 Å². The molecule has 1 atom stereocenters. The van der Waals surface area contributed by atoms with Gasteiger partial charge < -0.3 is 20.4 Å². The van der Waals surface area contributed by atoms with E-state index >= 15 is 0 Å². The zero-order valence-electron chi connectivity index (χ0n) is 6.80. The van der Waals surface area contributed by atoms with Gasteiger partial charge in [-0.15, -0.1) is 0 Å². The fourth-order valence-corrected chi connectivity index (χ4v) is 0.253. The Kier molecular flexibility index (Phi) is 7.54. The predicted molar refractivity (Wildman–Crippen MR) is 39.2 cm³/mol. The molecule has 0 bridgehead atoms. The first-order valence-electron chi connectivity index (χ1n) is 3.09. The summed E-state index contributed by atoms with van der Waals surface area (Å²) in [5.41, 5.74) is 0. The lowest BCUT2D eigenvalue weighted by Crippen LogP contribution is -2.22. The van der Waals surface area contributed by atoms with Gasteiger partial charge >= 0.3 is 11.9 Å². The minimum atomic E-state index is -1.79. The Balaban J connectivity index is 0. The highest BCUT2D eigenvalue weighted by Crippen LogP contribution is 1.89. The van der Waals surface area contributed by atoms with Crippen LogP contribution in [0.5, 0.6) is 0 Å². The summed E-state index contributed by atoms with van der Waals surface area (Å²) >= 11 is 0. The molecule has 4 N–H and O–H groups in total. The molecule has 0 aromatic rings. The number of hydrogen-bond donors (Lipinski definition) is 4. The maximum atomic E-state index is 9.72. The van der Waals surface area contributed by atoms with Crippen molar-refractivity contribution in [2.45, 2.75) is 19.4 Å². The molecule has 0 aromatic heterocycles. The van der Waals surface area contributed by atoms with Crippen molar-refractivity contribution in [3.8, 4) is 0 Å². The summed E-state index contributed by atoms with van der Waals surface area (Å²) in [6, 6.07) is 0. The zero-order chi connectivity index (χ0) is 11.0. The van der Waals surface area contributed by atoms with E-state index in [-0.39, 0.29) is 0 Å². The van der Waals surface area contributed by atoms with Crippen LogP contribution < -0.4 is 0 Å². The number of carboxylic acids is 3. The van der Waals surface area contributed by atoms with E-state index in [1.54, 1.807) is 0 Å². The van der Waals surface area contributed by atoms with Crippen molar-refractivity contribution in [3.63, 3.8) is 0 Å². The van der Waals surface area contributed by atoms with E-state index in [0.717, 1.165) is 6.92 Å². The molecule has 0 amide bonds. The summed E-state index contributed by atoms with van der Waals surface area (Å²) in [5.74, 6) is -3.68. The number of carboxylic acid groups (broad SMARTS) is 3. The Labute approximate surface area is 73.2 Å². The fraction of sp³-hybridized carbons (Fsp3) is 0.500. The molecule has 7 nitrogen and oxygen atoms in total. The van der Waals surface area contributed by atoms with Crippen LogP contribution in [0.25, 0.3) is 0 Å². The highest BCUT2D eigenvalue weighted by Gasteiger charge is 2.16. The molecule has 0 fully saturated rings. The molecule has 1 unspecified atom stereocenters. The van der Waals surface area contributed by atoms with Gasteiger partial charge in [0.15, 0.2) is 6.10 Å². The highest BCUT2D eigenvalue weighted by atomic mass is 16.4. The van der Waals surface area contributed by atoms with E-state index in [1.807, 2.05) is 0 Å². The van der Waals surface area contributed by atoms with Crippen LogP contribution in [0.3, 0.4) is 0 Å². The Morgan fingerprint density at radius 2 is 1.46 bits per heavy atom. The zero-order valence-corrected chi connectivity index (χ0v) is 6.80. The van der Waals surface area contributed by atoms with Crippen LogP contribution in [0.2, 0.25) is 0 Å². The summed E-state index contributed by atoms with van der Waals surface area (Å²) < 4.78 is 0. The standard InChI is InChI=1S/C4H6O5.C2H4O2/c5-2(4(8)9)1-3(6)7;1-2(3)4/h2,5H,1H2,(H,6,7)(H,8,9);1H3,(H,3,4). The van der Waals surface area contributed by atoms with Gasteiger partial charge in [0.25, 0.3) is 5.97 Å². The van der Waals surface area contributed by atoms with E-state index in [0.29, 0.717) is 0 Å². The molecular weight excluding hydrogens is 184 g/mol. The van der Waals surface area contributed by atoms with Gasteiger partial charge in [-0.1, -0.05) is 0 Å². The molecule has 0 radical (unpaired) electrons. The number of aliphatic hydroxyl groups excluding tert-OH is 1. The lowest BCUT2D eigenvalue weighted by Gasteiger charge is -1.97. The second-order valence-corrected chi connectivity index (χ2v) is 1.97. The van der Waals surface area contributed by atoms with Crippen LogP contribution in [0.4, 0.5) is 0 Å². The third-order valence-corrected chi connectivity index (χ3v) is 0.653. The van der Waals surface area contributed by atoms with Gasteiger partial charge in [-0.25, -0.2) is 4.79 Å². The van der Waals surface area contributed by atoms with Crippen molar-refractivity contribution in [1.82, 2.24) is 0 Å². The molecule has 0 saturated heterocycles. The first-order chi connectivity index (χ1) is 5.77. The second kappa shape index (κ2) is 7.04. The Morgan fingerprint density at radius 3 is 1.54 bits per heavy atom. The van der Waals surface area contributed by atoms with Crippen molar-refractivity contribution in [2.75, 3.05) is 0 Å². The maximum absolute atomic E-state index is 9.72. The van der Waals surface area contributed by atoms with E-state index < -0.39 is 30.4 Å². The molecule has 0 aliphatic carbocycles. The third-order valence-electron chi connectivity index (χ3n) is 0.653. The Bertz CT molecular complexity index is 193. The quantitative estimate of drug-likeness (QED) is 0.452. The minimum absolute atomic E-state index is 0.755. The summed E-state index contributed by atoms with van der Waals surface area (Å²) in [7, 11) is 0. The van der Waals surface area contributed by atoms with Crippen molar-refractivity contribution >= 4 is 17.9 Å². The Hall–Kier alpha value is -1.63. The van der Waals surface area contributed by atoms with Crippen LogP contribution >= 0.6 is 0 Å². The molecule has 0 spiro atoms. The van der Waals surface area contributed by atoms with Gasteiger partial charge in [0.05, 0.1) is 6.42 Å². The van der Waals surface area contributed by atoms with Gasteiger partial charge in [0.2, 0.25) is 0 Å². The number of aliphatic carboxylic acids is 3. The molecular formula is C6H10O7. The van der Waals surface area contributed by atoms with Crippen LogP contribution in [-0.2, 0) is 14.4 Å². The summed E-state index contributed by atoms with van der Waals surface area (Å²) in [4.78, 5) is 28.4. The largest absolute Gasteiger partial charge is 0.481 e. The van der Waals surface area contributed by atoms with E-state index in [1.165, 1.54) is 0 Å². The first-order valence-corrected chi connectivity index (χ1v) is 3.09. The monoisotopic (exact) mass is 194 g/mol. The smallest absolute Gasteiger partial charge is 0.333 e. The van der Waals surface area contributed by atoms with Crippen LogP contribution in [0, 0.1) is 0 Å². The molecule has 13 heavy (non-hydrogen) atoms. The lowest BCUT2D eigenvalue weighted by atomic mass is 10.3. The van der Waals surface area contributed by atoms with Crippen LogP contribution in [0.1, 0.15) is 13.3 Å². The van der Waals surface area contributed by atoms with Gasteiger partial charge in [0, 0.05) is 6.92 Å². The van der Waals surface area contributed by atoms with E-state index in [4.69, 9.17) is 25.2 Å². The highest BCUT2D eigenvalue weighted by molar-refractivity contribution is 5.79. The first kappa shape index (κ1) is 13.9. The van der Waals surface area contributed by atoms with Crippen molar-refractivity contribution in [1.29, 1.82) is 0 Å². The fourth-order valence-electron chi connectivity index (χ4n) is 0.253.